The molecule has 7 aliphatic carbocycles. The van der Waals surface area contributed by atoms with Crippen molar-refractivity contribution in [1.29, 1.82) is 0 Å². The molecule has 2 nitrogen and oxygen atoms in total. The number of allylic oxidation sites excluding steroid dienone is 11. The summed E-state index contributed by atoms with van der Waals surface area (Å²) in [5, 5.41) is 0. The standard InChI is InChI=1S/C54H66N2/c1-37-15-14-20-42(55(41-18-8-5-9-19-41)44-31-33-47-46-21-10-12-23-50(46)54(2,3)51(47)36-44)30-32-45(37)40-27-34-53-49(35-40)48-22-11-13-24-52(48)56(53)43-28-25-39(26-29-43)38-16-6-4-7-17-38/h4-8,10,12,14-16,21,23,25-26,28-29,31,33,37-38,40-42,45,48,51-52H,9,11,13,17-20,22,24,27,30,32,34-36H2,1-3H3/b15-14+/t37?,38?,40?,41?,42?,45?,48?,51?,52-/m1/s1. The van der Waals surface area contributed by atoms with Gasteiger partial charge in [-0.1, -0.05) is 125 Å². The Morgan fingerprint density at radius 3 is 2.41 bits per heavy atom. The van der Waals surface area contributed by atoms with Gasteiger partial charge in [-0.3, -0.25) is 0 Å². The quantitative estimate of drug-likeness (QED) is 0.272. The van der Waals surface area contributed by atoms with E-state index in [-0.39, 0.29) is 5.41 Å². The van der Waals surface area contributed by atoms with Gasteiger partial charge in [0.15, 0.2) is 0 Å². The highest BCUT2D eigenvalue weighted by Gasteiger charge is 2.47. The highest BCUT2D eigenvalue weighted by Crippen LogP contribution is 2.56. The number of hydrogen-bond donors (Lipinski definition) is 0. The number of nitrogens with zero attached hydrogens (tertiary/aromatic N) is 2. The number of benzene rings is 2. The van der Waals surface area contributed by atoms with E-state index in [1.165, 1.54) is 107 Å². The second-order valence-electron chi connectivity index (χ2n) is 19.6. The summed E-state index contributed by atoms with van der Waals surface area (Å²) in [4.78, 5) is 5.87. The first-order valence-corrected chi connectivity index (χ1v) is 23.0. The van der Waals surface area contributed by atoms with Crippen LogP contribution in [0.25, 0.3) is 5.57 Å². The van der Waals surface area contributed by atoms with Crippen LogP contribution in [-0.2, 0) is 5.41 Å². The molecule has 0 saturated heterocycles. The molecule has 0 radical (unpaired) electrons. The summed E-state index contributed by atoms with van der Waals surface area (Å²) < 4.78 is 0. The molecule has 0 spiro atoms. The molecular formula is C54H66N2. The van der Waals surface area contributed by atoms with E-state index in [0.717, 1.165) is 24.2 Å². The summed E-state index contributed by atoms with van der Waals surface area (Å²) in [6.07, 6.45) is 43.8. The fourth-order valence-corrected chi connectivity index (χ4v) is 13.4. The third-order valence-electron chi connectivity index (χ3n) is 16.4. The highest BCUT2D eigenvalue weighted by atomic mass is 15.2. The molecule has 1 heterocycles. The molecule has 8 aliphatic rings. The fraction of sp³-hybridized carbons (Fsp3) is 0.519. The molecule has 1 aliphatic heterocycles. The summed E-state index contributed by atoms with van der Waals surface area (Å²) in [7, 11) is 0. The lowest BCUT2D eigenvalue weighted by molar-refractivity contribution is 0.129. The first kappa shape index (κ1) is 36.6. The second kappa shape index (κ2) is 15.2. The van der Waals surface area contributed by atoms with Crippen LogP contribution in [0.3, 0.4) is 0 Å². The average Bonchev–Trinajstić information content (AvgIpc) is 3.68. The Balaban J connectivity index is 0.895. The van der Waals surface area contributed by atoms with Gasteiger partial charge in [0.2, 0.25) is 0 Å². The Morgan fingerprint density at radius 1 is 0.732 bits per heavy atom. The van der Waals surface area contributed by atoms with Crippen LogP contribution < -0.4 is 4.90 Å². The molecule has 1 fully saturated rings. The largest absolute Gasteiger partial charge is 0.368 e. The van der Waals surface area contributed by atoms with Crippen molar-refractivity contribution in [3.63, 3.8) is 0 Å². The number of anilines is 1. The Kier molecular flexibility index (Phi) is 9.91. The summed E-state index contributed by atoms with van der Waals surface area (Å²) in [6.45, 7) is 7.58. The zero-order valence-corrected chi connectivity index (χ0v) is 34.6. The van der Waals surface area contributed by atoms with Gasteiger partial charge in [0, 0.05) is 47.0 Å². The van der Waals surface area contributed by atoms with E-state index >= 15 is 0 Å². The van der Waals surface area contributed by atoms with Crippen molar-refractivity contribution < 1.29 is 0 Å². The van der Waals surface area contributed by atoms with Gasteiger partial charge in [-0.2, -0.15) is 0 Å². The third kappa shape index (κ3) is 6.46. The van der Waals surface area contributed by atoms with Crippen molar-refractivity contribution in [2.75, 3.05) is 4.90 Å². The normalized spacial score (nSPS) is 35.1. The van der Waals surface area contributed by atoms with Crippen LogP contribution in [0.1, 0.15) is 140 Å². The van der Waals surface area contributed by atoms with Crippen LogP contribution in [0.5, 0.6) is 0 Å². The molecule has 0 N–H and O–H groups in total. The van der Waals surface area contributed by atoms with Crippen molar-refractivity contribution >= 4 is 11.3 Å². The number of rotatable bonds is 6. The minimum Gasteiger partial charge on any atom is -0.368 e. The average molecular weight is 743 g/mol. The van der Waals surface area contributed by atoms with E-state index in [0.29, 0.717) is 35.9 Å². The second-order valence-corrected chi connectivity index (χ2v) is 19.6. The van der Waals surface area contributed by atoms with Gasteiger partial charge >= 0.3 is 0 Å². The molecule has 0 amide bonds. The summed E-state index contributed by atoms with van der Waals surface area (Å²) >= 11 is 0. The van der Waals surface area contributed by atoms with Crippen molar-refractivity contribution in [2.24, 2.45) is 29.6 Å². The molecule has 2 aromatic rings. The van der Waals surface area contributed by atoms with Crippen LogP contribution in [0, 0.1) is 29.6 Å². The van der Waals surface area contributed by atoms with Crippen LogP contribution >= 0.6 is 0 Å². The smallest absolute Gasteiger partial charge is 0.0411 e. The topological polar surface area (TPSA) is 6.48 Å². The molecule has 2 aromatic carbocycles. The maximum Gasteiger partial charge on any atom is 0.0411 e. The van der Waals surface area contributed by atoms with Gasteiger partial charge in [-0.05, 0) is 159 Å². The molecular weight excluding hydrogens is 677 g/mol. The van der Waals surface area contributed by atoms with E-state index < -0.39 is 0 Å². The first-order chi connectivity index (χ1) is 27.5. The summed E-state index contributed by atoms with van der Waals surface area (Å²) in [6, 6.07) is 20.9. The lowest BCUT2D eigenvalue weighted by Gasteiger charge is -2.46. The summed E-state index contributed by atoms with van der Waals surface area (Å²) in [5.41, 5.74) is 12.9. The molecule has 10 rings (SSSR count). The van der Waals surface area contributed by atoms with Gasteiger partial charge in [-0.15, -0.1) is 0 Å². The van der Waals surface area contributed by atoms with E-state index in [2.05, 4.69) is 140 Å². The molecule has 1 saturated carbocycles. The van der Waals surface area contributed by atoms with Crippen molar-refractivity contribution in [3.05, 3.63) is 143 Å². The molecule has 0 aromatic heterocycles. The van der Waals surface area contributed by atoms with E-state index in [1.54, 1.807) is 22.5 Å². The van der Waals surface area contributed by atoms with Crippen LogP contribution in [0.2, 0.25) is 0 Å². The minimum absolute atomic E-state index is 0.164. The highest BCUT2D eigenvalue weighted by molar-refractivity contribution is 5.79. The van der Waals surface area contributed by atoms with E-state index in [4.69, 9.17) is 0 Å². The molecule has 8 unspecified atom stereocenters. The molecule has 2 heteroatoms. The Morgan fingerprint density at radius 2 is 1.57 bits per heavy atom. The van der Waals surface area contributed by atoms with Gasteiger partial charge in [-0.25, -0.2) is 0 Å². The molecule has 292 valence electrons. The monoisotopic (exact) mass is 743 g/mol. The molecule has 9 atom stereocenters. The van der Waals surface area contributed by atoms with Gasteiger partial charge in [0.05, 0.1) is 0 Å². The number of hydrogen-bond acceptors (Lipinski definition) is 2. The SMILES string of the molecule is CC1/C=C/CC(N(C2=CC=C3c4ccccc4C(C)(C)C3C2)C2CC=CCC2)CCC1C1CCC2=C(C1)C1CCCC[C@H]1N2c1ccc(C2C=CC=CC2)cc1. The maximum absolute atomic E-state index is 3.00. The molecule has 56 heavy (non-hydrogen) atoms. The van der Waals surface area contributed by atoms with Crippen molar-refractivity contribution in [2.45, 2.75) is 147 Å². The van der Waals surface area contributed by atoms with Crippen LogP contribution in [0.4, 0.5) is 5.69 Å². The Hall–Kier alpha value is -3.78. The van der Waals surface area contributed by atoms with Gasteiger partial charge in [0.25, 0.3) is 0 Å². The Bertz CT molecular complexity index is 2000. The maximum atomic E-state index is 3.00. The van der Waals surface area contributed by atoms with Crippen LogP contribution in [-0.4, -0.2) is 23.0 Å². The van der Waals surface area contributed by atoms with E-state index in [1.807, 2.05) is 5.57 Å². The fourth-order valence-electron chi connectivity index (χ4n) is 13.4. The predicted molar refractivity (Wildman–Crippen MR) is 236 cm³/mol. The first-order valence-electron chi connectivity index (χ1n) is 23.0. The lowest BCUT2D eigenvalue weighted by atomic mass is 9.68. The number of fused-ring (bicyclic) bond motifs is 5. The van der Waals surface area contributed by atoms with Crippen molar-refractivity contribution in [3.8, 4) is 0 Å². The zero-order chi connectivity index (χ0) is 37.8. The van der Waals surface area contributed by atoms with Gasteiger partial charge < -0.3 is 9.80 Å². The van der Waals surface area contributed by atoms with Crippen molar-refractivity contribution in [1.82, 2.24) is 4.90 Å². The van der Waals surface area contributed by atoms with E-state index in [9.17, 15) is 0 Å². The molecule has 0 bridgehead atoms. The minimum atomic E-state index is 0.164. The lowest BCUT2D eigenvalue weighted by Crippen LogP contribution is -2.45. The van der Waals surface area contributed by atoms with Crippen LogP contribution in [0.15, 0.2) is 126 Å². The van der Waals surface area contributed by atoms with Gasteiger partial charge in [0.1, 0.15) is 0 Å². The third-order valence-corrected chi connectivity index (χ3v) is 16.4. The predicted octanol–water partition coefficient (Wildman–Crippen LogP) is 13.8. The summed E-state index contributed by atoms with van der Waals surface area (Å²) in [5.74, 6) is 4.06. The zero-order valence-electron chi connectivity index (χ0n) is 34.6. The Labute approximate surface area is 338 Å².